The summed E-state index contributed by atoms with van der Waals surface area (Å²) >= 11 is 0. The first-order valence-electron chi connectivity index (χ1n) is 13.2. The Hall–Kier alpha value is -3.72. The van der Waals surface area contributed by atoms with Gasteiger partial charge in [-0.1, -0.05) is 55.3 Å². The molecular formula is C29H35N3O6. The van der Waals surface area contributed by atoms with E-state index in [0.717, 1.165) is 23.6 Å². The Labute approximate surface area is 222 Å². The molecule has 9 nitrogen and oxygen atoms in total. The van der Waals surface area contributed by atoms with Crippen molar-refractivity contribution >= 4 is 40.2 Å². The minimum atomic E-state index is -1.13. The van der Waals surface area contributed by atoms with Crippen molar-refractivity contribution in [2.45, 2.75) is 62.9 Å². The van der Waals surface area contributed by atoms with E-state index in [0.29, 0.717) is 24.9 Å². The predicted molar refractivity (Wildman–Crippen MR) is 143 cm³/mol. The topological polar surface area (TPSA) is 134 Å². The number of esters is 1. The molecule has 0 bridgehead atoms. The van der Waals surface area contributed by atoms with Crippen LogP contribution in [0.5, 0.6) is 0 Å². The Bertz CT molecular complexity index is 1200. The molecule has 0 unspecified atom stereocenters. The maximum Gasteiger partial charge on any atom is 0.306 e. The smallest absolute Gasteiger partial charge is 0.306 e. The molecule has 4 rings (SSSR count). The van der Waals surface area contributed by atoms with Crippen molar-refractivity contribution in [3.63, 3.8) is 0 Å². The molecule has 9 heteroatoms. The van der Waals surface area contributed by atoms with Gasteiger partial charge in [0, 0.05) is 18.5 Å². The van der Waals surface area contributed by atoms with Crippen molar-refractivity contribution in [1.82, 2.24) is 10.6 Å². The van der Waals surface area contributed by atoms with Crippen LogP contribution in [0.2, 0.25) is 0 Å². The lowest BCUT2D eigenvalue weighted by Gasteiger charge is -2.29. The average molecular weight is 522 g/mol. The number of carbonyl (C=O) groups is 4. The van der Waals surface area contributed by atoms with Gasteiger partial charge in [-0.05, 0) is 48.6 Å². The highest BCUT2D eigenvalue weighted by Gasteiger charge is 2.36. The Balaban J connectivity index is 1.47. The fourth-order valence-corrected chi connectivity index (χ4v) is 5.02. The van der Waals surface area contributed by atoms with Crippen LogP contribution in [-0.4, -0.2) is 53.6 Å². The Morgan fingerprint density at radius 2 is 1.82 bits per heavy atom. The summed E-state index contributed by atoms with van der Waals surface area (Å²) < 4.78 is 5.28. The summed E-state index contributed by atoms with van der Waals surface area (Å²) in [5.41, 5.74) is -0.0873. The molecule has 1 aliphatic carbocycles. The summed E-state index contributed by atoms with van der Waals surface area (Å²) in [7, 11) is 0. The van der Waals surface area contributed by atoms with E-state index >= 15 is 0 Å². The van der Waals surface area contributed by atoms with E-state index < -0.39 is 35.3 Å². The van der Waals surface area contributed by atoms with Crippen molar-refractivity contribution in [3.8, 4) is 0 Å². The normalized spacial score (nSPS) is 22.0. The summed E-state index contributed by atoms with van der Waals surface area (Å²) in [6.45, 7) is -0.460. The third kappa shape index (κ3) is 7.19. The molecule has 1 heterocycles. The maximum atomic E-state index is 13.3. The Morgan fingerprint density at radius 1 is 1.05 bits per heavy atom. The van der Waals surface area contributed by atoms with E-state index in [1.807, 2.05) is 36.4 Å². The fraction of sp³-hybridized carbons (Fsp3) is 0.448. The number of hydrogen-bond donors (Lipinski definition) is 4. The number of rotatable bonds is 6. The number of amides is 3. The third-order valence-electron chi connectivity index (χ3n) is 7.23. The van der Waals surface area contributed by atoms with Crippen LogP contribution < -0.4 is 16.0 Å². The summed E-state index contributed by atoms with van der Waals surface area (Å²) in [6.07, 6.45) is 7.60. The van der Waals surface area contributed by atoms with Crippen LogP contribution in [0, 0.1) is 5.92 Å². The van der Waals surface area contributed by atoms with Crippen LogP contribution in [0.3, 0.4) is 0 Å². The van der Waals surface area contributed by atoms with Crippen LogP contribution in [0.1, 0.15) is 51.4 Å². The monoisotopic (exact) mass is 521 g/mol. The van der Waals surface area contributed by atoms with Gasteiger partial charge in [-0.15, -0.1) is 0 Å². The minimum absolute atomic E-state index is 0.0866. The van der Waals surface area contributed by atoms with Gasteiger partial charge in [0.1, 0.15) is 12.6 Å². The second-order valence-corrected chi connectivity index (χ2v) is 10.1. The molecular weight excluding hydrogens is 486 g/mol. The van der Waals surface area contributed by atoms with Crippen LogP contribution >= 0.6 is 0 Å². The number of cyclic esters (lactones) is 1. The molecule has 0 radical (unpaired) electrons. The van der Waals surface area contributed by atoms with E-state index in [1.165, 1.54) is 0 Å². The first-order chi connectivity index (χ1) is 18.4. The molecule has 0 saturated heterocycles. The number of hydrogen-bond acceptors (Lipinski definition) is 6. The number of allylic oxidation sites excluding steroid dienone is 2. The van der Waals surface area contributed by atoms with E-state index in [1.54, 1.807) is 18.2 Å². The number of carbonyl (C=O) groups excluding carboxylic acids is 4. The van der Waals surface area contributed by atoms with Gasteiger partial charge < -0.3 is 25.8 Å². The van der Waals surface area contributed by atoms with Crippen LogP contribution in [-0.2, 0) is 23.9 Å². The van der Waals surface area contributed by atoms with Crippen molar-refractivity contribution in [3.05, 3.63) is 54.6 Å². The Kier molecular flexibility index (Phi) is 9.12. The maximum absolute atomic E-state index is 13.3. The van der Waals surface area contributed by atoms with Crippen LogP contribution in [0.4, 0.5) is 5.69 Å². The Morgan fingerprint density at radius 3 is 2.58 bits per heavy atom. The minimum Gasteiger partial charge on any atom is -0.463 e. The second-order valence-electron chi connectivity index (χ2n) is 10.1. The highest BCUT2D eigenvalue weighted by atomic mass is 16.5. The first kappa shape index (κ1) is 27.3. The van der Waals surface area contributed by atoms with Gasteiger partial charge in [0.25, 0.3) is 5.91 Å². The molecule has 202 valence electrons. The van der Waals surface area contributed by atoms with Gasteiger partial charge in [-0.25, -0.2) is 0 Å². The zero-order valence-corrected chi connectivity index (χ0v) is 21.4. The second kappa shape index (κ2) is 12.7. The van der Waals surface area contributed by atoms with Crippen LogP contribution in [0.15, 0.2) is 54.6 Å². The summed E-state index contributed by atoms with van der Waals surface area (Å²) in [5.74, 6) is -2.51. The van der Waals surface area contributed by atoms with Gasteiger partial charge in [0.05, 0.1) is 18.1 Å². The predicted octanol–water partition coefficient (Wildman–Crippen LogP) is 2.97. The zero-order chi connectivity index (χ0) is 27.0. The van der Waals surface area contributed by atoms with Crippen molar-refractivity contribution in [1.29, 1.82) is 0 Å². The molecule has 1 fully saturated rings. The standard InChI is InChI=1S/C29H35N3O6/c33-19-29(14-6-7-15-29)32-25(34)17-22-10-2-1-3-11-26(35)38-18-24(31-27(22)36)28(37)30-23-13-12-20-8-4-5-9-21(20)16-23/h1-2,4-5,8-9,12-13,16,22,24,33H,3,6-7,10-11,14-15,17-19H2,(H,30,37)(H,31,36)(H,32,34)/t22-,24+/m1/s1. The number of benzene rings is 2. The quantitative estimate of drug-likeness (QED) is 0.341. The molecule has 1 saturated carbocycles. The van der Waals surface area contributed by atoms with Crippen LogP contribution in [0.25, 0.3) is 10.8 Å². The number of nitrogens with one attached hydrogen (secondary N) is 3. The van der Waals surface area contributed by atoms with Gasteiger partial charge in [0.15, 0.2) is 0 Å². The SMILES string of the molecule is O=C(C[C@H]1CC=CCCC(=O)OC[C@@H](C(=O)Nc2ccc3ccccc3c2)NC1=O)NC1(CO)CCCC1. The van der Waals surface area contributed by atoms with Crippen molar-refractivity contribution < 1.29 is 29.0 Å². The number of aliphatic hydroxyl groups excluding tert-OH is 1. The van der Waals surface area contributed by atoms with E-state index in [4.69, 9.17) is 4.74 Å². The molecule has 38 heavy (non-hydrogen) atoms. The molecule has 4 N–H and O–H groups in total. The zero-order valence-electron chi connectivity index (χ0n) is 21.4. The van der Waals surface area contributed by atoms with Gasteiger partial charge in [0.2, 0.25) is 11.8 Å². The number of fused-ring (bicyclic) bond motifs is 1. The molecule has 2 aliphatic rings. The van der Waals surface area contributed by atoms with Gasteiger partial charge in [-0.3, -0.25) is 19.2 Å². The number of anilines is 1. The lowest BCUT2D eigenvalue weighted by atomic mass is 9.95. The van der Waals surface area contributed by atoms with Crippen molar-refractivity contribution in [2.75, 3.05) is 18.5 Å². The average Bonchev–Trinajstić information content (AvgIpc) is 3.38. The molecule has 2 atom stereocenters. The largest absolute Gasteiger partial charge is 0.463 e. The molecule has 3 amide bonds. The summed E-state index contributed by atoms with van der Waals surface area (Å²) in [4.78, 5) is 51.5. The van der Waals surface area contributed by atoms with Gasteiger partial charge >= 0.3 is 5.97 Å². The summed E-state index contributed by atoms with van der Waals surface area (Å²) in [6, 6.07) is 12.1. The molecule has 0 spiro atoms. The number of ether oxygens (including phenoxy) is 1. The van der Waals surface area contributed by atoms with E-state index in [2.05, 4.69) is 16.0 Å². The lowest BCUT2D eigenvalue weighted by molar-refractivity contribution is -0.146. The lowest BCUT2D eigenvalue weighted by Crippen LogP contribution is -2.51. The highest BCUT2D eigenvalue weighted by molar-refractivity contribution is 5.99. The third-order valence-corrected chi connectivity index (χ3v) is 7.23. The molecule has 1 aliphatic heterocycles. The van der Waals surface area contributed by atoms with E-state index in [-0.39, 0.29) is 38.4 Å². The molecule has 2 aromatic rings. The molecule has 0 aromatic heterocycles. The summed E-state index contributed by atoms with van der Waals surface area (Å²) in [5, 5.41) is 20.2. The van der Waals surface area contributed by atoms with Crippen molar-refractivity contribution in [2.24, 2.45) is 5.92 Å². The van der Waals surface area contributed by atoms with E-state index in [9.17, 15) is 24.3 Å². The molecule has 2 aromatic carbocycles. The first-order valence-corrected chi connectivity index (χ1v) is 13.2. The fourth-order valence-electron chi connectivity index (χ4n) is 5.02. The van der Waals surface area contributed by atoms with Gasteiger partial charge in [-0.2, -0.15) is 0 Å². The number of aliphatic hydroxyl groups is 1. The highest BCUT2D eigenvalue weighted by Crippen LogP contribution is 2.29.